The van der Waals surface area contributed by atoms with Gasteiger partial charge in [0.25, 0.3) is 0 Å². The lowest BCUT2D eigenvalue weighted by Gasteiger charge is -2.26. The zero-order valence-corrected chi connectivity index (χ0v) is 12.9. The fourth-order valence-electron chi connectivity index (χ4n) is 2.82. The number of sulfonamides is 1. The second kappa shape index (κ2) is 5.47. The Kier molecular flexibility index (Phi) is 3.81. The lowest BCUT2D eigenvalue weighted by molar-refractivity contribution is 0.180. The summed E-state index contributed by atoms with van der Waals surface area (Å²) in [6.07, 6.45) is 2.38. The monoisotopic (exact) mass is 312 g/mol. The van der Waals surface area contributed by atoms with Crippen molar-refractivity contribution in [1.82, 2.24) is 4.31 Å². The van der Waals surface area contributed by atoms with Crippen molar-refractivity contribution in [3.63, 3.8) is 0 Å². The molecule has 3 rings (SSSR count). The summed E-state index contributed by atoms with van der Waals surface area (Å²) in [5.41, 5.74) is 7.19. The molecule has 2 heterocycles. The van der Waals surface area contributed by atoms with Crippen molar-refractivity contribution in [1.29, 1.82) is 0 Å². The van der Waals surface area contributed by atoms with Crippen LogP contribution in [-0.2, 0) is 21.2 Å². The highest BCUT2D eigenvalue weighted by atomic mass is 32.2. The van der Waals surface area contributed by atoms with E-state index in [1.54, 1.807) is 13.1 Å². The average Bonchev–Trinajstić information content (AvgIpc) is 2.99. The van der Waals surface area contributed by atoms with Gasteiger partial charge in [0.1, 0.15) is 10.6 Å². The van der Waals surface area contributed by atoms with E-state index >= 15 is 0 Å². The van der Waals surface area contributed by atoms with E-state index in [1.165, 1.54) is 10.4 Å². The molecule has 1 atom stereocenters. The molecule has 6 nitrogen and oxygen atoms in total. The van der Waals surface area contributed by atoms with Gasteiger partial charge in [-0.3, -0.25) is 0 Å². The summed E-state index contributed by atoms with van der Waals surface area (Å²) in [5, 5.41) is 0. The number of fused-ring (bicyclic) bond motifs is 1. The van der Waals surface area contributed by atoms with Gasteiger partial charge < -0.3 is 15.2 Å². The molecule has 2 N–H and O–H groups in total. The van der Waals surface area contributed by atoms with E-state index in [0.29, 0.717) is 37.7 Å². The zero-order valence-electron chi connectivity index (χ0n) is 12.0. The molecule has 1 aromatic carbocycles. The third-order valence-electron chi connectivity index (χ3n) is 4.07. The Labute approximate surface area is 124 Å². The van der Waals surface area contributed by atoms with E-state index in [1.807, 2.05) is 0 Å². The van der Waals surface area contributed by atoms with Crippen LogP contribution in [0.15, 0.2) is 17.0 Å². The number of nitrogens with two attached hydrogens (primary N) is 1. The van der Waals surface area contributed by atoms with Crippen LogP contribution in [0.5, 0.6) is 5.75 Å². The first kappa shape index (κ1) is 14.6. The summed E-state index contributed by atoms with van der Waals surface area (Å²) in [6.45, 7) is 1.56. The van der Waals surface area contributed by atoms with E-state index < -0.39 is 10.0 Å². The predicted octanol–water partition coefficient (Wildman–Crippen LogP) is 1.00. The Hall–Kier alpha value is -1.31. The molecule has 0 aliphatic carbocycles. The summed E-state index contributed by atoms with van der Waals surface area (Å²) in [6, 6.07) is 3.16. The molecule has 0 saturated carbocycles. The highest BCUT2D eigenvalue weighted by molar-refractivity contribution is 7.89. The van der Waals surface area contributed by atoms with E-state index in [4.69, 9.17) is 15.2 Å². The van der Waals surface area contributed by atoms with Gasteiger partial charge in [-0.05, 0) is 37.0 Å². The second-order valence-corrected chi connectivity index (χ2v) is 7.46. The number of ether oxygens (including phenoxy) is 2. The summed E-state index contributed by atoms with van der Waals surface area (Å²) in [4.78, 5) is 0.173. The van der Waals surface area contributed by atoms with Crippen LogP contribution in [0.4, 0.5) is 5.69 Å². The van der Waals surface area contributed by atoms with Gasteiger partial charge in [-0.15, -0.1) is 0 Å². The standard InChI is InChI=1S/C14H20N2O4S/c1-16(12-4-6-19-9-12)21(17,18)13-8-11(15)7-10-3-2-5-20-14(10)13/h7-8,12H,2-6,9,15H2,1H3. The van der Waals surface area contributed by atoms with Gasteiger partial charge in [0, 0.05) is 19.3 Å². The molecule has 0 amide bonds. The van der Waals surface area contributed by atoms with Crippen LogP contribution in [0, 0.1) is 0 Å². The molecule has 0 bridgehead atoms. The lowest BCUT2D eigenvalue weighted by atomic mass is 10.1. The third-order valence-corrected chi connectivity index (χ3v) is 5.98. The number of nitrogen functional groups attached to an aromatic ring is 1. The number of anilines is 1. The summed E-state index contributed by atoms with van der Waals surface area (Å²) in [5.74, 6) is 0.459. The molecule has 1 aromatic rings. The van der Waals surface area contributed by atoms with Crippen LogP contribution in [0.2, 0.25) is 0 Å². The topological polar surface area (TPSA) is 81.9 Å². The van der Waals surface area contributed by atoms with Crippen LogP contribution in [-0.4, -0.2) is 45.6 Å². The minimum atomic E-state index is -3.64. The van der Waals surface area contributed by atoms with Gasteiger partial charge in [-0.2, -0.15) is 4.31 Å². The second-order valence-electron chi connectivity index (χ2n) is 5.50. The molecule has 7 heteroatoms. The predicted molar refractivity (Wildman–Crippen MR) is 78.8 cm³/mol. The molecule has 1 fully saturated rings. The number of aryl methyl sites for hydroxylation is 1. The average molecular weight is 312 g/mol. The van der Waals surface area contributed by atoms with Crippen molar-refractivity contribution in [2.75, 3.05) is 32.6 Å². The van der Waals surface area contributed by atoms with E-state index in [2.05, 4.69) is 0 Å². The maximum atomic E-state index is 12.9. The molecule has 1 saturated heterocycles. The molecular formula is C14H20N2O4S. The number of benzene rings is 1. The zero-order chi connectivity index (χ0) is 15.0. The highest BCUT2D eigenvalue weighted by Gasteiger charge is 2.34. The smallest absolute Gasteiger partial charge is 0.246 e. The van der Waals surface area contributed by atoms with Crippen molar-refractivity contribution in [3.8, 4) is 5.75 Å². The number of likely N-dealkylation sites (N-methyl/N-ethyl adjacent to an activating group) is 1. The van der Waals surface area contributed by atoms with Gasteiger partial charge in [-0.25, -0.2) is 8.42 Å². The fourth-order valence-corrected chi connectivity index (χ4v) is 4.40. The summed E-state index contributed by atoms with van der Waals surface area (Å²) >= 11 is 0. The molecule has 21 heavy (non-hydrogen) atoms. The first-order valence-corrected chi connectivity index (χ1v) is 8.55. The van der Waals surface area contributed by atoms with Crippen molar-refractivity contribution in [2.24, 2.45) is 0 Å². The van der Waals surface area contributed by atoms with Crippen molar-refractivity contribution < 1.29 is 17.9 Å². The van der Waals surface area contributed by atoms with Crippen molar-refractivity contribution >= 4 is 15.7 Å². The molecule has 0 radical (unpaired) electrons. The first-order chi connectivity index (χ1) is 10.00. The van der Waals surface area contributed by atoms with Gasteiger partial charge in [0.15, 0.2) is 0 Å². The van der Waals surface area contributed by atoms with Crippen LogP contribution >= 0.6 is 0 Å². The van der Waals surface area contributed by atoms with E-state index in [9.17, 15) is 8.42 Å². The number of rotatable bonds is 3. The quantitative estimate of drug-likeness (QED) is 0.842. The van der Waals surface area contributed by atoms with E-state index in [-0.39, 0.29) is 10.9 Å². The molecule has 1 unspecified atom stereocenters. The summed E-state index contributed by atoms with van der Waals surface area (Å²) in [7, 11) is -2.05. The Balaban J connectivity index is 2.04. The minimum Gasteiger partial charge on any atom is -0.492 e. The molecule has 0 aromatic heterocycles. The van der Waals surface area contributed by atoms with Crippen molar-refractivity contribution in [2.45, 2.75) is 30.2 Å². The minimum absolute atomic E-state index is 0.129. The molecule has 0 spiro atoms. The van der Waals surface area contributed by atoms with Gasteiger partial charge in [0.2, 0.25) is 10.0 Å². The molecule has 2 aliphatic heterocycles. The lowest BCUT2D eigenvalue weighted by Crippen LogP contribution is -2.37. The van der Waals surface area contributed by atoms with Gasteiger partial charge in [-0.1, -0.05) is 0 Å². The van der Waals surface area contributed by atoms with Crippen LogP contribution in [0.25, 0.3) is 0 Å². The summed E-state index contributed by atoms with van der Waals surface area (Å²) < 4.78 is 38.0. The van der Waals surface area contributed by atoms with E-state index in [0.717, 1.165) is 18.4 Å². The fraction of sp³-hybridized carbons (Fsp3) is 0.571. The van der Waals surface area contributed by atoms with Crippen molar-refractivity contribution in [3.05, 3.63) is 17.7 Å². The number of hydrogen-bond acceptors (Lipinski definition) is 5. The maximum Gasteiger partial charge on any atom is 0.246 e. The molecule has 2 aliphatic rings. The maximum absolute atomic E-state index is 12.9. The Morgan fingerprint density at radius 3 is 2.86 bits per heavy atom. The van der Waals surface area contributed by atoms with Gasteiger partial charge in [0.05, 0.1) is 19.3 Å². The van der Waals surface area contributed by atoms with Crippen LogP contribution in [0.3, 0.4) is 0 Å². The third kappa shape index (κ3) is 2.61. The molecule has 116 valence electrons. The Morgan fingerprint density at radius 1 is 1.33 bits per heavy atom. The van der Waals surface area contributed by atoms with Crippen LogP contribution in [0.1, 0.15) is 18.4 Å². The van der Waals surface area contributed by atoms with Crippen LogP contribution < -0.4 is 10.5 Å². The molecular weight excluding hydrogens is 292 g/mol. The SMILES string of the molecule is CN(C1CCOC1)S(=O)(=O)c1cc(N)cc2c1OCCC2. The normalized spacial score (nSPS) is 22.1. The first-order valence-electron chi connectivity index (χ1n) is 7.11. The Bertz CT molecular complexity index is 639. The Morgan fingerprint density at radius 2 is 2.14 bits per heavy atom. The highest BCUT2D eigenvalue weighted by Crippen LogP contribution is 2.36. The number of nitrogens with zero attached hydrogens (tertiary/aromatic N) is 1. The largest absolute Gasteiger partial charge is 0.492 e. The van der Waals surface area contributed by atoms with Gasteiger partial charge >= 0.3 is 0 Å². The number of hydrogen-bond donors (Lipinski definition) is 1.